The van der Waals surface area contributed by atoms with E-state index in [1.165, 1.54) is 24.3 Å². The summed E-state index contributed by atoms with van der Waals surface area (Å²) >= 11 is 5.70. The topological polar surface area (TPSA) is 68.2 Å². The molecule has 20 heavy (non-hydrogen) atoms. The molecule has 106 valence electrons. The van der Waals surface area contributed by atoms with Crippen molar-refractivity contribution in [2.45, 2.75) is 11.8 Å². The number of hydrogen-bond acceptors (Lipinski definition) is 3. The van der Waals surface area contributed by atoms with E-state index in [4.69, 9.17) is 11.6 Å². The average molecular weight is 313 g/mol. The second-order valence-corrected chi connectivity index (χ2v) is 6.43. The molecular formula is C13H13ClN2O3S. The summed E-state index contributed by atoms with van der Waals surface area (Å²) < 4.78 is 27.8. The molecule has 1 N–H and O–H groups in total. The minimum absolute atomic E-state index is 0.0128. The van der Waals surface area contributed by atoms with Crippen molar-refractivity contribution >= 4 is 27.5 Å². The Morgan fingerprint density at radius 3 is 2.25 bits per heavy atom. The number of nitrogens with zero attached hydrogens (tertiary/aromatic N) is 1. The van der Waals surface area contributed by atoms with Crippen LogP contribution >= 0.6 is 11.6 Å². The van der Waals surface area contributed by atoms with Crippen molar-refractivity contribution in [3.8, 4) is 0 Å². The van der Waals surface area contributed by atoms with Gasteiger partial charge in [-0.2, -0.15) is 0 Å². The highest BCUT2D eigenvalue weighted by atomic mass is 35.5. The third kappa shape index (κ3) is 2.86. The van der Waals surface area contributed by atoms with Gasteiger partial charge in [-0.25, -0.2) is 13.1 Å². The lowest BCUT2D eigenvalue weighted by atomic mass is 10.4. The van der Waals surface area contributed by atoms with Crippen LogP contribution in [0.5, 0.6) is 0 Å². The molecule has 0 saturated heterocycles. The van der Waals surface area contributed by atoms with Crippen LogP contribution in [0.2, 0.25) is 5.02 Å². The molecule has 5 nitrogen and oxygen atoms in total. The van der Waals surface area contributed by atoms with Gasteiger partial charge in [0.05, 0.1) is 4.90 Å². The van der Waals surface area contributed by atoms with E-state index in [9.17, 15) is 13.2 Å². The first-order valence-corrected chi connectivity index (χ1v) is 7.62. The number of rotatable bonds is 3. The van der Waals surface area contributed by atoms with Gasteiger partial charge in [0.25, 0.3) is 15.9 Å². The summed E-state index contributed by atoms with van der Waals surface area (Å²) in [5.41, 5.74) is 1.14. The van der Waals surface area contributed by atoms with E-state index >= 15 is 0 Å². The lowest BCUT2D eigenvalue weighted by Gasteiger charge is -2.08. The van der Waals surface area contributed by atoms with E-state index in [1.54, 1.807) is 23.7 Å². The van der Waals surface area contributed by atoms with E-state index in [1.807, 2.05) is 11.6 Å². The fourth-order valence-corrected chi connectivity index (χ4v) is 2.78. The number of carbonyl (C=O) groups is 1. The number of nitrogens with one attached hydrogen (secondary N) is 1. The minimum Gasteiger partial charge on any atom is -0.344 e. The maximum Gasteiger partial charge on any atom is 0.281 e. The summed E-state index contributed by atoms with van der Waals surface area (Å²) in [4.78, 5) is 12.0. The molecule has 1 heterocycles. The van der Waals surface area contributed by atoms with Crippen molar-refractivity contribution in [3.05, 3.63) is 52.8 Å². The zero-order chi connectivity index (χ0) is 14.9. The van der Waals surface area contributed by atoms with Crippen LogP contribution in [0.15, 0.2) is 41.3 Å². The molecule has 7 heteroatoms. The third-order valence-corrected chi connectivity index (χ3v) is 4.56. The van der Waals surface area contributed by atoms with Crippen molar-refractivity contribution in [1.82, 2.24) is 9.29 Å². The van der Waals surface area contributed by atoms with E-state index in [2.05, 4.69) is 0 Å². The Hall–Kier alpha value is -1.79. The van der Waals surface area contributed by atoms with Crippen LogP contribution in [-0.2, 0) is 17.1 Å². The first kappa shape index (κ1) is 14.6. The number of sulfonamides is 1. The number of carbonyl (C=O) groups excluding carboxylic acids is 1. The predicted molar refractivity (Wildman–Crippen MR) is 76.3 cm³/mol. The molecule has 1 aromatic carbocycles. The monoisotopic (exact) mass is 312 g/mol. The Balaban J connectivity index is 2.27. The van der Waals surface area contributed by atoms with Gasteiger partial charge in [-0.15, -0.1) is 0 Å². The summed E-state index contributed by atoms with van der Waals surface area (Å²) in [6.07, 6.45) is 0. The minimum atomic E-state index is -3.90. The highest BCUT2D eigenvalue weighted by Crippen LogP contribution is 2.14. The standard InChI is InChI=1S/C13H13ClN2O3S/c1-9-3-8-12(16(9)2)13(17)15-20(18,19)11-6-4-10(14)5-7-11/h3-8H,1-2H3,(H,15,17). The molecule has 0 spiro atoms. The van der Waals surface area contributed by atoms with E-state index in [-0.39, 0.29) is 10.6 Å². The molecule has 0 saturated carbocycles. The SMILES string of the molecule is Cc1ccc(C(=O)NS(=O)(=O)c2ccc(Cl)cc2)n1C. The van der Waals surface area contributed by atoms with Crippen LogP contribution < -0.4 is 4.72 Å². The molecule has 1 amide bonds. The number of aromatic nitrogens is 1. The van der Waals surface area contributed by atoms with Crippen LogP contribution in [-0.4, -0.2) is 18.9 Å². The van der Waals surface area contributed by atoms with Crippen LogP contribution in [0, 0.1) is 6.92 Å². The van der Waals surface area contributed by atoms with Crippen molar-refractivity contribution in [3.63, 3.8) is 0 Å². The quantitative estimate of drug-likeness (QED) is 0.943. The lowest BCUT2D eigenvalue weighted by Crippen LogP contribution is -2.31. The van der Waals surface area contributed by atoms with Gasteiger partial charge in [-0.1, -0.05) is 11.6 Å². The largest absolute Gasteiger partial charge is 0.344 e. The molecule has 1 aromatic heterocycles. The lowest BCUT2D eigenvalue weighted by molar-refractivity contribution is 0.0973. The molecule has 0 aliphatic carbocycles. The molecule has 0 aliphatic heterocycles. The molecule has 0 atom stereocenters. The summed E-state index contributed by atoms with van der Waals surface area (Å²) in [6.45, 7) is 1.82. The molecule has 0 aliphatic rings. The summed E-state index contributed by atoms with van der Waals surface area (Å²) in [6, 6.07) is 8.90. The molecule has 0 unspecified atom stereocenters. The number of hydrogen-bond donors (Lipinski definition) is 1. The van der Waals surface area contributed by atoms with Crippen molar-refractivity contribution in [1.29, 1.82) is 0 Å². The van der Waals surface area contributed by atoms with Gasteiger partial charge in [0, 0.05) is 17.8 Å². The van der Waals surface area contributed by atoms with Crippen molar-refractivity contribution in [2.75, 3.05) is 0 Å². The van der Waals surface area contributed by atoms with Crippen LogP contribution in [0.3, 0.4) is 0 Å². The first-order valence-electron chi connectivity index (χ1n) is 5.76. The van der Waals surface area contributed by atoms with Gasteiger partial charge in [-0.3, -0.25) is 4.79 Å². The van der Waals surface area contributed by atoms with Gasteiger partial charge in [0.1, 0.15) is 5.69 Å². The Morgan fingerprint density at radius 1 is 1.15 bits per heavy atom. The van der Waals surface area contributed by atoms with Crippen LogP contribution in [0.1, 0.15) is 16.2 Å². The average Bonchev–Trinajstić information content (AvgIpc) is 2.70. The van der Waals surface area contributed by atoms with Crippen LogP contribution in [0.25, 0.3) is 0 Å². The molecule has 0 bridgehead atoms. The van der Waals surface area contributed by atoms with Gasteiger partial charge >= 0.3 is 0 Å². The molecule has 0 fully saturated rings. The first-order chi connectivity index (χ1) is 9.31. The predicted octanol–water partition coefficient (Wildman–Crippen LogP) is 2.11. The van der Waals surface area contributed by atoms with Crippen molar-refractivity contribution < 1.29 is 13.2 Å². The number of halogens is 1. The number of benzene rings is 1. The summed E-state index contributed by atoms with van der Waals surface area (Å²) in [5, 5.41) is 0.424. The highest BCUT2D eigenvalue weighted by molar-refractivity contribution is 7.90. The van der Waals surface area contributed by atoms with Gasteiger partial charge in [-0.05, 0) is 43.3 Å². The maximum atomic E-state index is 12.1. The van der Waals surface area contributed by atoms with Gasteiger partial charge < -0.3 is 4.57 Å². The molecule has 2 aromatic rings. The second-order valence-electron chi connectivity index (χ2n) is 4.31. The third-order valence-electron chi connectivity index (χ3n) is 2.96. The van der Waals surface area contributed by atoms with Crippen molar-refractivity contribution in [2.24, 2.45) is 7.05 Å². The normalized spacial score (nSPS) is 11.3. The zero-order valence-corrected chi connectivity index (χ0v) is 12.5. The Morgan fingerprint density at radius 2 is 1.75 bits per heavy atom. The smallest absolute Gasteiger partial charge is 0.281 e. The van der Waals surface area contributed by atoms with Crippen LogP contribution in [0.4, 0.5) is 0 Å². The van der Waals surface area contributed by atoms with Gasteiger partial charge in [0.15, 0.2) is 0 Å². The molecule has 2 rings (SSSR count). The number of aryl methyl sites for hydroxylation is 1. The Bertz CT molecular complexity index is 748. The molecule has 0 radical (unpaired) electrons. The van der Waals surface area contributed by atoms with E-state index in [0.29, 0.717) is 5.02 Å². The zero-order valence-electron chi connectivity index (χ0n) is 10.9. The fraction of sp³-hybridized carbons (Fsp3) is 0.154. The Labute approximate surface area is 122 Å². The molecular weight excluding hydrogens is 300 g/mol. The van der Waals surface area contributed by atoms with E-state index < -0.39 is 15.9 Å². The maximum absolute atomic E-state index is 12.1. The highest BCUT2D eigenvalue weighted by Gasteiger charge is 2.20. The number of amides is 1. The summed E-state index contributed by atoms with van der Waals surface area (Å²) in [7, 11) is -2.21. The van der Waals surface area contributed by atoms with Gasteiger partial charge in [0.2, 0.25) is 0 Å². The Kier molecular flexibility index (Phi) is 3.87. The van der Waals surface area contributed by atoms with E-state index in [0.717, 1.165) is 5.69 Å². The fourth-order valence-electron chi connectivity index (χ4n) is 1.69. The summed E-state index contributed by atoms with van der Waals surface area (Å²) in [5.74, 6) is -0.671. The second kappa shape index (κ2) is 5.30.